The summed E-state index contributed by atoms with van der Waals surface area (Å²) in [4.78, 5) is 0. The molecule has 1 saturated heterocycles. The standard InChI is InChI=1S/C12H22N2OS/c1-3-12(10-13,14-4-2)6-5-7-16-11-8-15-9-11/h11,14H,3-9H2,1-2H3. The Morgan fingerprint density at radius 1 is 1.50 bits per heavy atom. The quantitative estimate of drug-likeness (QED) is 0.663. The maximum atomic E-state index is 9.23. The molecule has 0 aromatic carbocycles. The first-order valence-corrected chi connectivity index (χ1v) is 7.17. The van der Waals surface area contributed by atoms with Crippen LogP contribution < -0.4 is 5.32 Å². The van der Waals surface area contributed by atoms with E-state index in [4.69, 9.17) is 4.74 Å². The van der Waals surface area contributed by atoms with Gasteiger partial charge in [-0.1, -0.05) is 13.8 Å². The summed E-state index contributed by atoms with van der Waals surface area (Å²) in [6, 6.07) is 2.44. The summed E-state index contributed by atoms with van der Waals surface area (Å²) in [6.45, 7) is 6.83. The van der Waals surface area contributed by atoms with Crippen LogP contribution in [0.5, 0.6) is 0 Å². The average Bonchev–Trinajstić information content (AvgIpc) is 2.25. The van der Waals surface area contributed by atoms with Gasteiger partial charge in [-0.05, 0) is 31.6 Å². The third-order valence-corrected chi connectivity index (χ3v) is 4.31. The zero-order valence-corrected chi connectivity index (χ0v) is 11.1. The molecule has 1 unspecified atom stereocenters. The van der Waals surface area contributed by atoms with Gasteiger partial charge in [-0.2, -0.15) is 17.0 Å². The number of ether oxygens (including phenoxy) is 1. The van der Waals surface area contributed by atoms with Gasteiger partial charge in [-0.15, -0.1) is 0 Å². The van der Waals surface area contributed by atoms with Crippen LogP contribution in [0.15, 0.2) is 0 Å². The van der Waals surface area contributed by atoms with Gasteiger partial charge >= 0.3 is 0 Å². The smallest absolute Gasteiger partial charge is 0.106 e. The van der Waals surface area contributed by atoms with Crippen LogP contribution in [0.4, 0.5) is 0 Å². The van der Waals surface area contributed by atoms with Gasteiger partial charge in [0.25, 0.3) is 0 Å². The van der Waals surface area contributed by atoms with Gasteiger partial charge in [0.1, 0.15) is 5.54 Å². The monoisotopic (exact) mass is 242 g/mol. The van der Waals surface area contributed by atoms with Crippen molar-refractivity contribution in [3.8, 4) is 6.07 Å². The topological polar surface area (TPSA) is 45.0 Å². The molecule has 16 heavy (non-hydrogen) atoms. The van der Waals surface area contributed by atoms with Crippen molar-refractivity contribution >= 4 is 11.8 Å². The molecule has 1 aliphatic heterocycles. The van der Waals surface area contributed by atoms with Gasteiger partial charge in [-0.25, -0.2) is 0 Å². The van der Waals surface area contributed by atoms with Crippen molar-refractivity contribution in [2.75, 3.05) is 25.5 Å². The third-order valence-electron chi connectivity index (χ3n) is 3.04. The van der Waals surface area contributed by atoms with E-state index in [2.05, 4.69) is 25.2 Å². The summed E-state index contributed by atoms with van der Waals surface area (Å²) in [7, 11) is 0. The Kier molecular flexibility index (Phi) is 6.18. The summed E-state index contributed by atoms with van der Waals surface area (Å²) in [5.74, 6) is 1.14. The lowest BCUT2D eigenvalue weighted by molar-refractivity contribution is 0.0455. The van der Waals surface area contributed by atoms with E-state index in [1.54, 1.807) is 0 Å². The molecule has 1 aliphatic rings. The number of thioether (sulfide) groups is 1. The lowest BCUT2D eigenvalue weighted by atomic mass is 9.92. The van der Waals surface area contributed by atoms with E-state index in [1.807, 2.05) is 11.8 Å². The molecule has 1 atom stereocenters. The average molecular weight is 242 g/mol. The van der Waals surface area contributed by atoms with Gasteiger partial charge in [-0.3, -0.25) is 5.32 Å². The second-order valence-corrected chi connectivity index (χ2v) is 5.62. The molecule has 0 spiro atoms. The Morgan fingerprint density at radius 2 is 2.25 bits per heavy atom. The molecule has 1 N–H and O–H groups in total. The Bertz CT molecular complexity index is 238. The molecule has 0 aliphatic carbocycles. The first kappa shape index (κ1) is 13.8. The fraction of sp³-hybridized carbons (Fsp3) is 0.917. The highest BCUT2D eigenvalue weighted by Crippen LogP contribution is 2.23. The highest BCUT2D eigenvalue weighted by atomic mass is 32.2. The van der Waals surface area contributed by atoms with Crippen molar-refractivity contribution in [1.82, 2.24) is 5.32 Å². The van der Waals surface area contributed by atoms with Crippen molar-refractivity contribution in [1.29, 1.82) is 5.26 Å². The Hall–Kier alpha value is -0.240. The van der Waals surface area contributed by atoms with Crippen LogP contribution in [-0.4, -0.2) is 36.3 Å². The number of rotatable bonds is 8. The molecule has 3 nitrogen and oxygen atoms in total. The SMILES string of the molecule is CCNC(C#N)(CC)CCCSC1COC1. The highest BCUT2D eigenvalue weighted by molar-refractivity contribution is 8.00. The fourth-order valence-electron chi connectivity index (χ4n) is 1.84. The molecule has 0 aromatic rings. The highest BCUT2D eigenvalue weighted by Gasteiger charge is 2.26. The predicted octanol–water partition coefficient (Wildman–Crippen LogP) is 2.18. The van der Waals surface area contributed by atoms with Crippen molar-refractivity contribution in [2.45, 2.75) is 43.9 Å². The number of nitrogens with one attached hydrogen (secondary N) is 1. The Labute approximate surface area is 103 Å². The molecule has 0 amide bonds. The summed E-state index contributed by atoms with van der Waals surface area (Å²) in [5.41, 5.74) is -0.300. The number of nitrogens with zero attached hydrogens (tertiary/aromatic N) is 1. The van der Waals surface area contributed by atoms with E-state index in [0.29, 0.717) is 5.25 Å². The maximum Gasteiger partial charge on any atom is 0.106 e. The third kappa shape index (κ3) is 3.97. The molecule has 0 bridgehead atoms. The molecule has 1 heterocycles. The van der Waals surface area contributed by atoms with Gasteiger partial charge in [0.05, 0.1) is 24.5 Å². The van der Waals surface area contributed by atoms with Crippen LogP contribution in [0.1, 0.15) is 33.1 Å². The molecule has 4 heteroatoms. The van der Waals surface area contributed by atoms with Crippen LogP contribution in [0.2, 0.25) is 0 Å². The minimum atomic E-state index is -0.300. The van der Waals surface area contributed by atoms with Crippen LogP contribution in [0.3, 0.4) is 0 Å². The Morgan fingerprint density at radius 3 is 2.69 bits per heavy atom. The molecule has 0 aromatic heterocycles. The first-order chi connectivity index (χ1) is 7.76. The number of hydrogen-bond donors (Lipinski definition) is 1. The van der Waals surface area contributed by atoms with E-state index in [0.717, 1.165) is 44.8 Å². The van der Waals surface area contributed by atoms with Crippen LogP contribution in [0.25, 0.3) is 0 Å². The van der Waals surface area contributed by atoms with Crippen LogP contribution in [0, 0.1) is 11.3 Å². The van der Waals surface area contributed by atoms with E-state index in [1.165, 1.54) is 0 Å². The lowest BCUT2D eigenvalue weighted by Gasteiger charge is -2.28. The second kappa shape index (κ2) is 7.16. The van der Waals surface area contributed by atoms with Crippen LogP contribution >= 0.6 is 11.8 Å². The largest absolute Gasteiger partial charge is 0.379 e. The molecule has 92 valence electrons. The van der Waals surface area contributed by atoms with E-state index in [9.17, 15) is 5.26 Å². The van der Waals surface area contributed by atoms with Crippen molar-refractivity contribution < 1.29 is 4.74 Å². The van der Waals surface area contributed by atoms with E-state index < -0.39 is 0 Å². The molecular weight excluding hydrogens is 220 g/mol. The zero-order valence-electron chi connectivity index (χ0n) is 10.3. The lowest BCUT2D eigenvalue weighted by Crippen LogP contribution is -2.43. The molecule has 1 rings (SSSR count). The summed E-state index contributed by atoms with van der Waals surface area (Å²) >= 11 is 1.98. The molecule has 0 saturated carbocycles. The van der Waals surface area contributed by atoms with Crippen molar-refractivity contribution in [2.24, 2.45) is 0 Å². The summed E-state index contributed by atoms with van der Waals surface area (Å²) in [6.07, 6.45) is 2.94. The molecule has 1 fully saturated rings. The minimum Gasteiger partial charge on any atom is -0.379 e. The second-order valence-electron chi connectivity index (χ2n) is 4.21. The van der Waals surface area contributed by atoms with Crippen LogP contribution in [-0.2, 0) is 4.74 Å². The minimum absolute atomic E-state index is 0.300. The number of nitriles is 1. The van der Waals surface area contributed by atoms with Crippen molar-refractivity contribution in [3.05, 3.63) is 0 Å². The predicted molar refractivity (Wildman–Crippen MR) is 68.6 cm³/mol. The Balaban J connectivity index is 2.18. The summed E-state index contributed by atoms with van der Waals surface area (Å²) < 4.78 is 5.13. The normalized spacial score (nSPS) is 19.8. The maximum absolute atomic E-state index is 9.23. The first-order valence-electron chi connectivity index (χ1n) is 6.12. The van der Waals surface area contributed by atoms with Gasteiger partial charge in [0, 0.05) is 0 Å². The van der Waals surface area contributed by atoms with Gasteiger partial charge in [0.2, 0.25) is 0 Å². The summed E-state index contributed by atoms with van der Waals surface area (Å²) in [5, 5.41) is 13.3. The fourth-order valence-corrected chi connectivity index (χ4v) is 2.87. The number of hydrogen-bond acceptors (Lipinski definition) is 4. The molecular formula is C12H22N2OS. The van der Waals surface area contributed by atoms with Crippen molar-refractivity contribution in [3.63, 3.8) is 0 Å². The van der Waals surface area contributed by atoms with E-state index in [-0.39, 0.29) is 5.54 Å². The molecule has 0 radical (unpaired) electrons. The van der Waals surface area contributed by atoms with Gasteiger partial charge < -0.3 is 4.74 Å². The zero-order chi connectivity index (χ0) is 11.9. The van der Waals surface area contributed by atoms with Gasteiger partial charge in [0.15, 0.2) is 0 Å². The van der Waals surface area contributed by atoms with E-state index >= 15 is 0 Å².